The number of alkyl halides is 6. The maximum atomic E-state index is 13.1. The molecule has 2 aromatic rings. The third-order valence-electron chi connectivity index (χ3n) is 5.86. The predicted octanol–water partition coefficient (Wildman–Crippen LogP) is 6.52. The van der Waals surface area contributed by atoms with Gasteiger partial charge in [-0.15, -0.1) is 0 Å². The minimum atomic E-state index is -4.77. The van der Waals surface area contributed by atoms with E-state index in [4.69, 9.17) is 9.47 Å². The molecule has 39 heavy (non-hydrogen) atoms. The van der Waals surface area contributed by atoms with Crippen LogP contribution in [0, 0.1) is 0 Å². The van der Waals surface area contributed by atoms with Gasteiger partial charge in [0.1, 0.15) is 23.0 Å². The number of carbonyl (C=O) groups is 1. The van der Waals surface area contributed by atoms with Crippen LogP contribution in [-0.2, 0) is 22.4 Å². The summed E-state index contributed by atoms with van der Waals surface area (Å²) in [5.74, 6) is -1.31. The summed E-state index contributed by atoms with van der Waals surface area (Å²) in [6.45, 7) is 5.11. The minimum absolute atomic E-state index is 0.0383. The SMILES string of the molecule is CCOC(=O)C1=Cc2cc(CC)c(O)cc2OC1C(F)(F)F.CCc1cc2c(cc1O)OC(C(F)(F)F)C=C2. The topological polar surface area (TPSA) is 85.2 Å². The van der Waals surface area contributed by atoms with Gasteiger partial charge in [0.25, 0.3) is 0 Å². The van der Waals surface area contributed by atoms with E-state index in [2.05, 4.69) is 4.74 Å². The summed E-state index contributed by atoms with van der Waals surface area (Å²) >= 11 is 0. The van der Waals surface area contributed by atoms with Gasteiger partial charge in [-0.3, -0.25) is 0 Å². The lowest BCUT2D eigenvalue weighted by Crippen LogP contribution is -2.40. The van der Waals surface area contributed by atoms with E-state index in [1.807, 2.05) is 6.92 Å². The molecule has 212 valence electrons. The highest BCUT2D eigenvalue weighted by atomic mass is 19.4. The summed E-state index contributed by atoms with van der Waals surface area (Å²) in [4.78, 5) is 11.8. The highest BCUT2D eigenvalue weighted by Gasteiger charge is 2.49. The van der Waals surface area contributed by atoms with Gasteiger partial charge in [0.05, 0.1) is 12.2 Å². The van der Waals surface area contributed by atoms with E-state index >= 15 is 0 Å². The van der Waals surface area contributed by atoms with Crippen molar-refractivity contribution < 1.29 is 55.6 Å². The molecule has 0 aromatic heterocycles. The summed E-state index contributed by atoms with van der Waals surface area (Å²) in [6.07, 6.45) is -9.02. The molecular formula is C27H26F6O6. The number of hydrogen-bond donors (Lipinski definition) is 2. The Morgan fingerprint density at radius 2 is 1.38 bits per heavy atom. The zero-order chi connectivity index (χ0) is 29.1. The Labute approximate surface area is 220 Å². The largest absolute Gasteiger partial charge is 0.508 e. The zero-order valence-electron chi connectivity index (χ0n) is 21.1. The molecule has 2 unspecified atom stereocenters. The molecule has 0 saturated heterocycles. The molecule has 0 bridgehead atoms. The second-order valence-corrected chi connectivity index (χ2v) is 8.54. The Morgan fingerprint density at radius 1 is 0.846 bits per heavy atom. The van der Waals surface area contributed by atoms with Crippen molar-refractivity contribution in [3.63, 3.8) is 0 Å². The van der Waals surface area contributed by atoms with Crippen molar-refractivity contribution in [1.29, 1.82) is 0 Å². The number of halogens is 6. The van der Waals surface area contributed by atoms with Crippen LogP contribution in [0.3, 0.4) is 0 Å². The Hall–Kier alpha value is -3.83. The average molecular weight is 560 g/mol. The van der Waals surface area contributed by atoms with Crippen molar-refractivity contribution in [3.05, 3.63) is 58.2 Å². The summed E-state index contributed by atoms with van der Waals surface area (Å²) in [5.41, 5.74) is 1.49. The van der Waals surface area contributed by atoms with Crippen LogP contribution >= 0.6 is 0 Å². The lowest BCUT2D eigenvalue weighted by atomic mass is 9.98. The molecule has 2 heterocycles. The molecule has 2 N–H and O–H groups in total. The lowest BCUT2D eigenvalue weighted by Gasteiger charge is -2.28. The first-order valence-corrected chi connectivity index (χ1v) is 11.9. The number of carbonyl (C=O) groups excluding carboxylic acids is 1. The van der Waals surface area contributed by atoms with Crippen LogP contribution in [0.5, 0.6) is 23.0 Å². The number of aryl methyl sites for hydroxylation is 2. The van der Waals surface area contributed by atoms with Gasteiger partial charge < -0.3 is 24.4 Å². The highest BCUT2D eigenvalue weighted by Crippen LogP contribution is 2.40. The number of ether oxygens (including phenoxy) is 3. The quantitative estimate of drug-likeness (QED) is 0.328. The molecule has 2 atom stereocenters. The van der Waals surface area contributed by atoms with Gasteiger partial charge in [-0.25, -0.2) is 4.79 Å². The standard InChI is InChI=1S/C15H15F3O4.C12H11F3O2/c1-3-8-5-9-6-10(14(20)21-4-2)13(15(16,17)18)22-12(9)7-11(8)19;1-2-7-5-8-3-4-11(12(13,14)15)17-10(8)6-9(7)16/h5-7,13,19H,3-4H2,1-2H3;3-6,11,16H,2H2,1H3. The van der Waals surface area contributed by atoms with E-state index in [1.165, 1.54) is 25.1 Å². The van der Waals surface area contributed by atoms with Crippen LogP contribution in [0.4, 0.5) is 26.3 Å². The number of phenols is 2. The Bertz CT molecular complexity index is 1280. The number of aromatic hydroxyl groups is 2. The fourth-order valence-corrected chi connectivity index (χ4v) is 3.88. The Kier molecular flexibility index (Phi) is 8.77. The zero-order valence-corrected chi connectivity index (χ0v) is 21.1. The molecule has 2 aliphatic rings. The number of phenolic OH excluding ortho intramolecular Hbond substituents is 2. The molecular weight excluding hydrogens is 534 g/mol. The first-order valence-electron chi connectivity index (χ1n) is 11.9. The second-order valence-electron chi connectivity index (χ2n) is 8.54. The molecule has 2 aromatic carbocycles. The van der Waals surface area contributed by atoms with E-state index < -0.39 is 36.1 Å². The monoisotopic (exact) mass is 560 g/mol. The van der Waals surface area contributed by atoms with Crippen LogP contribution in [0.25, 0.3) is 12.2 Å². The summed E-state index contributed by atoms with van der Waals surface area (Å²) in [6, 6.07) is 5.49. The molecule has 0 fully saturated rings. The Morgan fingerprint density at radius 3 is 1.87 bits per heavy atom. The number of esters is 1. The predicted molar refractivity (Wildman–Crippen MR) is 130 cm³/mol. The van der Waals surface area contributed by atoms with Crippen LogP contribution < -0.4 is 9.47 Å². The van der Waals surface area contributed by atoms with E-state index in [0.29, 0.717) is 35.1 Å². The van der Waals surface area contributed by atoms with Crippen molar-refractivity contribution in [2.45, 2.75) is 58.2 Å². The molecule has 2 aliphatic heterocycles. The van der Waals surface area contributed by atoms with Crippen molar-refractivity contribution in [2.75, 3.05) is 6.61 Å². The molecule has 0 amide bonds. The minimum Gasteiger partial charge on any atom is -0.508 e. The van der Waals surface area contributed by atoms with E-state index in [9.17, 15) is 41.4 Å². The number of hydrogen-bond acceptors (Lipinski definition) is 6. The van der Waals surface area contributed by atoms with E-state index in [1.54, 1.807) is 13.0 Å². The van der Waals surface area contributed by atoms with Gasteiger partial charge in [0.15, 0.2) is 0 Å². The highest BCUT2D eigenvalue weighted by molar-refractivity contribution is 5.96. The number of rotatable bonds is 4. The van der Waals surface area contributed by atoms with Crippen molar-refractivity contribution in [1.82, 2.24) is 0 Å². The van der Waals surface area contributed by atoms with Gasteiger partial charge in [-0.1, -0.05) is 19.9 Å². The number of benzene rings is 2. The Balaban J connectivity index is 0.000000223. The summed E-state index contributed by atoms with van der Waals surface area (Å²) in [5, 5.41) is 19.3. The van der Waals surface area contributed by atoms with Gasteiger partial charge in [-0.2, -0.15) is 26.3 Å². The third-order valence-corrected chi connectivity index (χ3v) is 5.86. The van der Waals surface area contributed by atoms with Crippen molar-refractivity contribution >= 4 is 18.1 Å². The van der Waals surface area contributed by atoms with Crippen molar-refractivity contribution in [3.8, 4) is 23.0 Å². The van der Waals surface area contributed by atoms with Crippen LogP contribution in [0.15, 0.2) is 35.9 Å². The van der Waals surface area contributed by atoms with Crippen LogP contribution in [0.1, 0.15) is 43.0 Å². The molecule has 0 spiro atoms. The smallest absolute Gasteiger partial charge is 0.430 e. The van der Waals surface area contributed by atoms with Crippen LogP contribution in [0.2, 0.25) is 0 Å². The summed E-state index contributed by atoms with van der Waals surface area (Å²) in [7, 11) is 0. The van der Waals surface area contributed by atoms with Crippen LogP contribution in [-0.4, -0.2) is 47.3 Å². The second kappa shape index (κ2) is 11.5. The maximum absolute atomic E-state index is 13.1. The molecule has 4 rings (SSSR count). The molecule has 6 nitrogen and oxygen atoms in total. The van der Waals surface area contributed by atoms with Crippen molar-refractivity contribution in [2.24, 2.45) is 0 Å². The lowest BCUT2D eigenvalue weighted by molar-refractivity contribution is -0.187. The van der Waals surface area contributed by atoms with E-state index in [0.717, 1.165) is 18.2 Å². The first-order chi connectivity index (χ1) is 18.2. The fourth-order valence-electron chi connectivity index (χ4n) is 3.88. The normalized spacial score (nSPS) is 17.9. The molecule has 0 radical (unpaired) electrons. The molecule has 12 heteroatoms. The maximum Gasteiger partial charge on any atom is 0.430 e. The molecule has 0 saturated carbocycles. The summed E-state index contributed by atoms with van der Waals surface area (Å²) < 4.78 is 91.0. The van der Waals surface area contributed by atoms with E-state index in [-0.39, 0.29) is 29.6 Å². The third kappa shape index (κ3) is 6.79. The fraction of sp³-hybridized carbons (Fsp3) is 0.370. The average Bonchev–Trinajstić information content (AvgIpc) is 2.86. The van der Waals surface area contributed by atoms with Gasteiger partial charge in [0, 0.05) is 23.3 Å². The van der Waals surface area contributed by atoms with Gasteiger partial charge in [0.2, 0.25) is 12.2 Å². The molecule has 0 aliphatic carbocycles. The number of fused-ring (bicyclic) bond motifs is 2. The van der Waals surface area contributed by atoms with Gasteiger partial charge in [-0.05, 0) is 55.2 Å². The first kappa shape index (κ1) is 29.7. The van der Waals surface area contributed by atoms with Gasteiger partial charge >= 0.3 is 18.3 Å².